The summed E-state index contributed by atoms with van der Waals surface area (Å²) in [5.41, 5.74) is 7.34. The highest BCUT2D eigenvalue weighted by Gasteiger charge is 2.36. The fourth-order valence-corrected chi connectivity index (χ4v) is 8.81. The summed E-state index contributed by atoms with van der Waals surface area (Å²) in [6.07, 6.45) is 3.40. The van der Waals surface area contributed by atoms with E-state index in [0.717, 1.165) is 27.3 Å². The van der Waals surface area contributed by atoms with Gasteiger partial charge in [-0.15, -0.1) is 0 Å². The van der Waals surface area contributed by atoms with Crippen LogP contribution in [0.25, 0.3) is 10.9 Å². The number of amides is 8. The predicted octanol–water partition coefficient (Wildman–Crippen LogP) is -2.80. The summed E-state index contributed by atoms with van der Waals surface area (Å²) in [4.78, 5) is 123. The summed E-state index contributed by atoms with van der Waals surface area (Å²) < 4.78 is 0. The first-order valence-corrected chi connectivity index (χ1v) is 22.1. The van der Waals surface area contributed by atoms with Crippen LogP contribution in [0.15, 0.2) is 30.5 Å². The summed E-state index contributed by atoms with van der Waals surface area (Å²) >= 11 is 0. The van der Waals surface area contributed by atoms with Crippen LogP contribution in [0.4, 0.5) is 0 Å². The van der Waals surface area contributed by atoms with Gasteiger partial charge in [0.15, 0.2) is 0 Å². The van der Waals surface area contributed by atoms with Crippen LogP contribution in [0.5, 0.6) is 0 Å². The number of nitrogens with two attached hydrogens (primary N) is 1. The van der Waals surface area contributed by atoms with Crippen molar-refractivity contribution in [2.24, 2.45) is 17.6 Å². The average molecular weight is 875 g/mol. The number of para-hydroxylation sites is 1. The number of rotatable bonds is 10. The normalized spacial score (nSPS) is 24.6. The molecule has 2 aliphatic rings. The lowest BCUT2D eigenvalue weighted by atomic mass is 9.97. The maximum absolute atomic E-state index is 14.1. The Kier molecular flexibility index (Phi) is 18.6. The molecule has 2 aliphatic heterocycles. The standard InChI is InChI=1S/C38H54N10O10S2/c1-21-38(58)48(13-9-24-15-41-27-6-4-3-5-26(24)27)22(2)34(54)46-29(33(39)53)20-60-59-14-10-30(51)45-28(16-42-35(55)23-7-11-40-12-8-23)36(56)43-17-31(52)47-32(37(57)44-21)25(18-49)19-50/h3-6,15,18,21-23,25,28-29,32,40-41,50H,7-14,16-17,19-20H2,1-2H3,(H2,39,53)(H,42,55)(H,43,56)(H,44,57)(H,45,51)(H,46,54)(H,47,52). The Balaban J connectivity index is 1.58. The van der Waals surface area contributed by atoms with Crippen LogP contribution in [0.3, 0.4) is 0 Å². The van der Waals surface area contributed by atoms with E-state index in [0.29, 0.717) is 25.9 Å². The molecule has 60 heavy (non-hydrogen) atoms. The van der Waals surface area contributed by atoms with E-state index in [4.69, 9.17) is 5.73 Å². The minimum Gasteiger partial charge on any atom is -0.396 e. The van der Waals surface area contributed by atoms with E-state index in [9.17, 15) is 48.3 Å². The zero-order valence-electron chi connectivity index (χ0n) is 33.5. The lowest BCUT2D eigenvalue weighted by Gasteiger charge is -2.32. The number of aliphatic hydroxyl groups is 1. The van der Waals surface area contributed by atoms with Gasteiger partial charge in [-0.05, 0) is 57.8 Å². The highest BCUT2D eigenvalue weighted by molar-refractivity contribution is 8.76. The lowest BCUT2D eigenvalue weighted by Crippen LogP contribution is -2.60. The van der Waals surface area contributed by atoms with E-state index in [1.54, 1.807) is 6.20 Å². The van der Waals surface area contributed by atoms with Crippen LogP contribution >= 0.6 is 21.6 Å². The van der Waals surface area contributed by atoms with Crippen LogP contribution in [0, 0.1) is 11.8 Å². The van der Waals surface area contributed by atoms with Crippen molar-refractivity contribution in [2.75, 3.05) is 50.8 Å². The van der Waals surface area contributed by atoms with Crippen molar-refractivity contribution in [2.45, 2.75) is 69.7 Å². The lowest BCUT2D eigenvalue weighted by molar-refractivity contribution is -0.143. The molecular weight excluding hydrogens is 821 g/mol. The highest BCUT2D eigenvalue weighted by Crippen LogP contribution is 2.23. The van der Waals surface area contributed by atoms with Crippen LogP contribution < -0.4 is 43.0 Å². The summed E-state index contributed by atoms with van der Waals surface area (Å²) in [6, 6.07) is 0.782. The Morgan fingerprint density at radius 3 is 2.40 bits per heavy atom. The number of aromatic amines is 1. The average Bonchev–Trinajstić information content (AvgIpc) is 3.66. The predicted molar refractivity (Wildman–Crippen MR) is 224 cm³/mol. The quantitative estimate of drug-likeness (QED) is 0.0854. The van der Waals surface area contributed by atoms with Gasteiger partial charge in [0.2, 0.25) is 47.3 Å². The van der Waals surface area contributed by atoms with Crippen molar-refractivity contribution in [1.82, 2.24) is 47.1 Å². The Morgan fingerprint density at radius 1 is 0.967 bits per heavy atom. The van der Waals surface area contributed by atoms with Gasteiger partial charge in [-0.1, -0.05) is 39.8 Å². The molecule has 328 valence electrons. The Labute approximate surface area is 354 Å². The molecule has 6 atom stereocenters. The van der Waals surface area contributed by atoms with Crippen molar-refractivity contribution >= 4 is 86.0 Å². The molecule has 11 N–H and O–H groups in total. The molecular formula is C38H54N10O10S2. The van der Waals surface area contributed by atoms with Crippen LogP contribution in [-0.4, -0.2) is 150 Å². The number of aliphatic hydroxyl groups excluding tert-OH is 1. The number of nitrogens with zero attached hydrogens (tertiary/aromatic N) is 1. The number of hydrogen-bond acceptors (Lipinski definition) is 13. The smallest absolute Gasteiger partial charge is 0.245 e. The van der Waals surface area contributed by atoms with Gasteiger partial charge in [0, 0.05) is 54.0 Å². The SMILES string of the molecule is CC1NC(=O)C(C(C=O)CO)NC(=O)CNC(=O)C(CNC(=O)C2CCNCC2)NC(=O)CCSSCC(C(N)=O)NC(=O)C(C)N(CCc2c[nH]c3ccccc23)C1=O. The second-order valence-electron chi connectivity index (χ2n) is 14.5. The minimum absolute atomic E-state index is 0.00868. The van der Waals surface area contributed by atoms with Gasteiger partial charge in [0.25, 0.3) is 0 Å². The third-order valence-corrected chi connectivity index (χ3v) is 12.6. The number of carbonyl (C=O) groups excluding carboxylic acids is 9. The first-order chi connectivity index (χ1) is 28.7. The van der Waals surface area contributed by atoms with Gasteiger partial charge in [-0.25, -0.2) is 0 Å². The molecule has 1 aromatic carbocycles. The summed E-state index contributed by atoms with van der Waals surface area (Å²) in [5.74, 6) is -7.48. The highest BCUT2D eigenvalue weighted by atomic mass is 33.1. The monoisotopic (exact) mass is 874 g/mol. The second kappa shape index (κ2) is 23.6. The van der Waals surface area contributed by atoms with Crippen molar-refractivity contribution < 1.29 is 48.3 Å². The number of nitrogens with one attached hydrogen (secondary N) is 8. The molecule has 2 fully saturated rings. The Bertz CT molecular complexity index is 1880. The maximum Gasteiger partial charge on any atom is 0.245 e. The molecule has 3 heterocycles. The number of benzene rings is 1. The van der Waals surface area contributed by atoms with Gasteiger partial charge in [0.1, 0.15) is 36.5 Å². The largest absolute Gasteiger partial charge is 0.396 e. The molecule has 8 amide bonds. The third kappa shape index (κ3) is 13.7. The molecule has 0 radical (unpaired) electrons. The zero-order chi connectivity index (χ0) is 43.8. The molecule has 4 rings (SSSR count). The van der Waals surface area contributed by atoms with E-state index < -0.39 is 90.6 Å². The number of piperidine rings is 1. The number of hydrogen-bond donors (Lipinski definition) is 10. The van der Waals surface area contributed by atoms with Gasteiger partial charge in [-0.3, -0.25) is 38.4 Å². The summed E-state index contributed by atoms with van der Waals surface area (Å²) in [7, 11) is 2.37. The van der Waals surface area contributed by atoms with Crippen molar-refractivity contribution in [3.63, 3.8) is 0 Å². The van der Waals surface area contributed by atoms with E-state index in [-0.39, 0.29) is 55.5 Å². The number of aldehydes is 1. The zero-order valence-corrected chi connectivity index (χ0v) is 35.1. The van der Waals surface area contributed by atoms with E-state index in [2.05, 4.69) is 42.2 Å². The van der Waals surface area contributed by atoms with Crippen molar-refractivity contribution in [3.8, 4) is 0 Å². The van der Waals surface area contributed by atoms with Crippen LogP contribution in [0.2, 0.25) is 0 Å². The first-order valence-electron chi connectivity index (χ1n) is 19.6. The van der Waals surface area contributed by atoms with E-state index in [1.165, 1.54) is 29.5 Å². The molecule has 0 spiro atoms. The molecule has 20 nitrogen and oxygen atoms in total. The van der Waals surface area contributed by atoms with Gasteiger partial charge in [-0.2, -0.15) is 0 Å². The molecule has 2 aromatic rings. The third-order valence-electron chi connectivity index (χ3n) is 10.2. The number of carbonyl (C=O) groups is 9. The van der Waals surface area contributed by atoms with Crippen LogP contribution in [-0.2, 0) is 49.6 Å². The van der Waals surface area contributed by atoms with Crippen molar-refractivity contribution in [1.29, 1.82) is 0 Å². The Morgan fingerprint density at radius 2 is 1.70 bits per heavy atom. The maximum atomic E-state index is 14.1. The first kappa shape index (κ1) is 47.5. The van der Waals surface area contributed by atoms with Crippen LogP contribution in [0.1, 0.15) is 38.7 Å². The van der Waals surface area contributed by atoms with Gasteiger partial charge < -0.3 is 62.7 Å². The topological polar surface area (TPSA) is 303 Å². The second-order valence-corrected chi connectivity index (χ2v) is 17.1. The summed E-state index contributed by atoms with van der Waals surface area (Å²) in [6.45, 7) is 2.18. The number of primary amides is 1. The summed E-state index contributed by atoms with van der Waals surface area (Å²) in [5, 5.41) is 29.1. The minimum atomic E-state index is -1.71. The Hall–Kier alpha value is -5.19. The molecule has 2 saturated heterocycles. The number of aromatic nitrogens is 1. The van der Waals surface area contributed by atoms with Gasteiger partial charge in [0.05, 0.1) is 19.1 Å². The fraction of sp³-hybridized carbons (Fsp3) is 0.553. The molecule has 6 unspecified atom stereocenters. The molecule has 0 saturated carbocycles. The van der Waals surface area contributed by atoms with E-state index in [1.807, 2.05) is 24.3 Å². The van der Waals surface area contributed by atoms with E-state index >= 15 is 0 Å². The molecule has 22 heteroatoms. The van der Waals surface area contributed by atoms with Gasteiger partial charge >= 0.3 is 0 Å². The number of fused-ring (bicyclic) bond motifs is 1. The number of H-pyrrole nitrogens is 1. The molecule has 0 aliphatic carbocycles. The molecule has 1 aromatic heterocycles. The van der Waals surface area contributed by atoms with Crippen molar-refractivity contribution in [3.05, 3.63) is 36.0 Å². The molecule has 0 bridgehead atoms. The fourth-order valence-electron chi connectivity index (χ4n) is 6.64.